The summed E-state index contributed by atoms with van der Waals surface area (Å²) >= 11 is 6.13. The van der Waals surface area contributed by atoms with Gasteiger partial charge in [0.2, 0.25) is 0 Å². The van der Waals surface area contributed by atoms with Gasteiger partial charge in [0, 0.05) is 11.6 Å². The molecule has 1 N–H and O–H groups in total. The number of aliphatic hydroxyl groups excluding tert-OH is 1. The molecule has 1 aliphatic carbocycles. The largest absolute Gasteiger partial charge is 0.507 e. The summed E-state index contributed by atoms with van der Waals surface area (Å²) in [5, 5.41) is 11.6. The third-order valence-electron chi connectivity index (χ3n) is 6.28. The first-order valence-electron chi connectivity index (χ1n) is 10.7. The minimum absolute atomic E-state index is 0.0542. The molecule has 1 atom stereocenters. The normalized spacial score (nSPS) is 21.1. The molecule has 1 amide bonds. The maximum atomic E-state index is 13.2. The Morgan fingerprint density at radius 1 is 1.03 bits per heavy atom. The molecule has 1 heterocycles. The number of amides is 1. The maximum absolute atomic E-state index is 13.2. The van der Waals surface area contributed by atoms with E-state index in [1.165, 1.54) is 7.11 Å². The molecule has 32 heavy (non-hydrogen) atoms. The van der Waals surface area contributed by atoms with E-state index < -0.39 is 17.7 Å². The van der Waals surface area contributed by atoms with E-state index in [1.54, 1.807) is 36.3 Å². The minimum atomic E-state index is -0.699. The van der Waals surface area contributed by atoms with E-state index in [1.807, 2.05) is 18.2 Å². The van der Waals surface area contributed by atoms with Gasteiger partial charge in [0.05, 0.1) is 30.9 Å². The molecule has 6 nitrogen and oxygen atoms in total. The number of hydrogen-bond acceptors (Lipinski definition) is 5. The molecule has 0 bridgehead atoms. The van der Waals surface area contributed by atoms with Crippen LogP contribution in [0.2, 0.25) is 5.02 Å². The molecule has 1 saturated heterocycles. The number of benzene rings is 2. The number of likely N-dealkylation sites (tertiary alicyclic amines) is 1. The highest BCUT2D eigenvalue weighted by Crippen LogP contribution is 2.44. The quantitative estimate of drug-likeness (QED) is 0.385. The Morgan fingerprint density at radius 2 is 1.78 bits per heavy atom. The average molecular weight is 456 g/mol. The van der Waals surface area contributed by atoms with Crippen LogP contribution in [0.25, 0.3) is 5.76 Å². The smallest absolute Gasteiger partial charge is 0.295 e. The maximum Gasteiger partial charge on any atom is 0.295 e. The molecule has 7 heteroatoms. The van der Waals surface area contributed by atoms with Crippen LogP contribution >= 0.6 is 11.6 Å². The second-order valence-corrected chi connectivity index (χ2v) is 8.53. The lowest BCUT2D eigenvalue weighted by atomic mass is 9.91. The van der Waals surface area contributed by atoms with Crippen LogP contribution in [0.1, 0.15) is 49.3 Å². The number of ether oxygens (including phenoxy) is 2. The Bertz CT molecular complexity index is 1070. The third-order valence-corrected chi connectivity index (χ3v) is 6.59. The first kappa shape index (κ1) is 22.2. The Hall–Kier alpha value is -2.99. The Morgan fingerprint density at radius 3 is 2.47 bits per heavy atom. The molecule has 2 aliphatic rings. The van der Waals surface area contributed by atoms with Gasteiger partial charge >= 0.3 is 0 Å². The second-order valence-electron chi connectivity index (χ2n) is 8.12. The zero-order chi connectivity index (χ0) is 22.8. The lowest BCUT2D eigenvalue weighted by Gasteiger charge is -2.35. The van der Waals surface area contributed by atoms with E-state index >= 15 is 0 Å². The van der Waals surface area contributed by atoms with Crippen molar-refractivity contribution in [2.24, 2.45) is 0 Å². The Labute approximate surface area is 192 Å². The minimum Gasteiger partial charge on any atom is -0.507 e. The number of halogens is 1. The SMILES string of the molecule is COc1cccc(C2/C(=C(/O)c3ccc(Cl)c(OC)c3)C(=O)C(=O)N2C2CCCCC2)c1. The van der Waals surface area contributed by atoms with Gasteiger partial charge in [0.25, 0.3) is 11.7 Å². The molecule has 2 fully saturated rings. The highest BCUT2D eigenvalue weighted by atomic mass is 35.5. The standard InChI is InChI=1S/C25H26ClNO5/c1-31-18-10-6-7-15(13-18)22-21(23(28)16-11-12-19(26)20(14-16)32-2)24(29)25(30)27(22)17-8-4-3-5-9-17/h6-7,10-14,17,22,28H,3-5,8-9H2,1-2H3/b23-21-. The summed E-state index contributed by atoms with van der Waals surface area (Å²) in [7, 11) is 3.04. The van der Waals surface area contributed by atoms with Gasteiger partial charge in [-0.15, -0.1) is 0 Å². The van der Waals surface area contributed by atoms with Crippen molar-refractivity contribution >= 4 is 29.1 Å². The van der Waals surface area contributed by atoms with E-state index in [-0.39, 0.29) is 17.4 Å². The summed E-state index contributed by atoms with van der Waals surface area (Å²) in [5.74, 6) is -0.522. The fourth-order valence-corrected chi connectivity index (χ4v) is 4.88. The summed E-state index contributed by atoms with van der Waals surface area (Å²) in [6.07, 6.45) is 4.80. The van der Waals surface area contributed by atoms with Crippen molar-refractivity contribution in [1.29, 1.82) is 0 Å². The number of hydrogen-bond donors (Lipinski definition) is 1. The summed E-state index contributed by atoms with van der Waals surface area (Å²) in [5.41, 5.74) is 1.15. The van der Waals surface area contributed by atoms with Crippen LogP contribution in [0, 0.1) is 0 Å². The molecule has 0 aromatic heterocycles. The van der Waals surface area contributed by atoms with Crippen LogP contribution in [-0.2, 0) is 9.59 Å². The van der Waals surface area contributed by atoms with Crippen molar-refractivity contribution in [3.8, 4) is 11.5 Å². The highest BCUT2D eigenvalue weighted by molar-refractivity contribution is 6.46. The van der Waals surface area contributed by atoms with Gasteiger partial charge in [0.15, 0.2) is 0 Å². The van der Waals surface area contributed by atoms with Crippen LogP contribution in [0.3, 0.4) is 0 Å². The Kier molecular flexibility index (Phi) is 6.42. The zero-order valence-corrected chi connectivity index (χ0v) is 18.9. The number of carbonyl (C=O) groups excluding carboxylic acids is 2. The molecule has 2 aromatic carbocycles. The summed E-state index contributed by atoms with van der Waals surface area (Å²) in [4.78, 5) is 28.1. The van der Waals surface area contributed by atoms with Crippen LogP contribution in [0.4, 0.5) is 0 Å². The summed E-state index contributed by atoms with van der Waals surface area (Å²) in [6, 6.07) is 11.3. The average Bonchev–Trinajstić information content (AvgIpc) is 3.10. The summed E-state index contributed by atoms with van der Waals surface area (Å²) < 4.78 is 10.6. The lowest BCUT2D eigenvalue weighted by Crippen LogP contribution is -2.40. The van der Waals surface area contributed by atoms with Crippen molar-refractivity contribution in [3.63, 3.8) is 0 Å². The number of rotatable bonds is 5. The first-order valence-corrected chi connectivity index (χ1v) is 11.1. The van der Waals surface area contributed by atoms with Crippen molar-refractivity contribution in [2.75, 3.05) is 14.2 Å². The monoisotopic (exact) mass is 455 g/mol. The van der Waals surface area contributed by atoms with Crippen molar-refractivity contribution < 1.29 is 24.2 Å². The van der Waals surface area contributed by atoms with E-state index in [9.17, 15) is 14.7 Å². The van der Waals surface area contributed by atoms with E-state index in [0.717, 1.165) is 37.7 Å². The fourth-order valence-electron chi connectivity index (χ4n) is 4.69. The van der Waals surface area contributed by atoms with Crippen LogP contribution < -0.4 is 9.47 Å². The van der Waals surface area contributed by atoms with Gasteiger partial charge in [0.1, 0.15) is 17.3 Å². The topological polar surface area (TPSA) is 76.1 Å². The number of nitrogens with zero attached hydrogens (tertiary/aromatic N) is 1. The van der Waals surface area contributed by atoms with Crippen molar-refractivity contribution in [1.82, 2.24) is 4.90 Å². The molecule has 0 spiro atoms. The zero-order valence-electron chi connectivity index (χ0n) is 18.1. The van der Waals surface area contributed by atoms with Gasteiger partial charge in [-0.3, -0.25) is 9.59 Å². The summed E-state index contributed by atoms with van der Waals surface area (Å²) in [6.45, 7) is 0. The van der Waals surface area contributed by atoms with Gasteiger partial charge < -0.3 is 19.5 Å². The predicted octanol–water partition coefficient (Wildman–Crippen LogP) is 5.11. The van der Waals surface area contributed by atoms with Crippen LogP contribution in [-0.4, -0.2) is 42.0 Å². The molecular weight excluding hydrogens is 430 g/mol. The number of carbonyl (C=O) groups is 2. The molecule has 0 radical (unpaired) electrons. The van der Waals surface area contributed by atoms with Gasteiger partial charge in [-0.25, -0.2) is 0 Å². The number of ketones is 1. The molecule has 1 aliphatic heterocycles. The highest BCUT2D eigenvalue weighted by Gasteiger charge is 2.49. The molecule has 2 aromatic rings. The van der Waals surface area contributed by atoms with Gasteiger partial charge in [-0.05, 0) is 48.7 Å². The predicted molar refractivity (Wildman–Crippen MR) is 122 cm³/mol. The molecule has 4 rings (SSSR count). The Balaban J connectivity index is 1.89. The third kappa shape index (κ3) is 3.95. The molecule has 1 saturated carbocycles. The van der Waals surface area contributed by atoms with E-state index in [4.69, 9.17) is 21.1 Å². The van der Waals surface area contributed by atoms with Crippen molar-refractivity contribution in [2.45, 2.75) is 44.2 Å². The molecule has 1 unspecified atom stereocenters. The number of aliphatic hydroxyl groups is 1. The first-order chi connectivity index (χ1) is 15.5. The second kappa shape index (κ2) is 9.25. The van der Waals surface area contributed by atoms with Gasteiger partial charge in [-0.2, -0.15) is 0 Å². The molecular formula is C25H26ClNO5. The number of Topliss-reactive ketones (excluding diaryl/α,β-unsaturated/α-hetero) is 1. The fraction of sp³-hybridized carbons (Fsp3) is 0.360. The van der Waals surface area contributed by atoms with Crippen molar-refractivity contribution in [3.05, 3.63) is 64.2 Å². The lowest BCUT2D eigenvalue weighted by molar-refractivity contribution is -0.141. The van der Waals surface area contributed by atoms with E-state index in [0.29, 0.717) is 22.1 Å². The van der Waals surface area contributed by atoms with E-state index in [2.05, 4.69) is 0 Å². The number of methoxy groups -OCH3 is 2. The van der Waals surface area contributed by atoms with Crippen LogP contribution in [0.15, 0.2) is 48.0 Å². The van der Waals surface area contributed by atoms with Gasteiger partial charge in [-0.1, -0.05) is 43.0 Å². The molecule has 168 valence electrons. The van der Waals surface area contributed by atoms with Crippen LogP contribution in [0.5, 0.6) is 11.5 Å².